The molecule has 0 aromatic heterocycles. The zero-order chi connectivity index (χ0) is 24.9. The Bertz CT molecular complexity index is 1360. The first-order valence-corrected chi connectivity index (χ1v) is 11.8. The van der Waals surface area contributed by atoms with Gasteiger partial charge in [-0.25, -0.2) is 4.39 Å². The number of anilines is 1. The zero-order valence-corrected chi connectivity index (χ0v) is 19.6. The van der Waals surface area contributed by atoms with E-state index < -0.39 is 0 Å². The Morgan fingerprint density at radius 3 is 2.31 bits per heavy atom. The van der Waals surface area contributed by atoms with Crippen LogP contribution in [-0.4, -0.2) is 29.9 Å². The Balaban J connectivity index is 1.39. The highest BCUT2D eigenvalue weighted by atomic mass is 19.1. The van der Waals surface area contributed by atoms with Crippen molar-refractivity contribution in [3.8, 4) is 5.75 Å². The molecule has 0 saturated carbocycles. The summed E-state index contributed by atoms with van der Waals surface area (Å²) in [5, 5.41) is 2.69. The average Bonchev–Trinajstić information content (AvgIpc) is 2.93. The molecule has 0 spiro atoms. The molecule has 4 aromatic carbocycles. The van der Waals surface area contributed by atoms with Crippen molar-refractivity contribution in [3.05, 3.63) is 131 Å². The molecule has 1 N–H and O–H groups in total. The van der Waals surface area contributed by atoms with Crippen LogP contribution in [0.4, 0.5) is 10.1 Å². The van der Waals surface area contributed by atoms with Gasteiger partial charge >= 0.3 is 0 Å². The van der Waals surface area contributed by atoms with Gasteiger partial charge in [-0.2, -0.15) is 0 Å². The van der Waals surface area contributed by atoms with Gasteiger partial charge in [-0.3, -0.25) is 9.59 Å². The molecule has 0 aliphatic carbocycles. The van der Waals surface area contributed by atoms with Crippen LogP contribution in [0, 0.1) is 5.82 Å². The van der Waals surface area contributed by atoms with E-state index in [1.165, 1.54) is 24.3 Å². The first-order chi connectivity index (χ1) is 17.6. The van der Waals surface area contributed by atoms with Crippen LogP contribution in [-0.2, 0) is 11.2 Å². The summed E-state index contributed by atoms with van der Waals surface area (Å²) in [7, 11) is 0. The Labute approximate surface area is 209 Å². The molecule has 4 aromatic rings. The highest BCUT2D eigenvalue weighted by Crippen LogP contribution is 2.38. The molecule has 6 heteroatoms. The molecule has 1 unspecified atom stereocenters. The molecule has 5 rings (SSSR count). The van der Waals surface area contributed by atoms with Crippen molar-refractivity contribution < 1.29 is 18.7 Å². The number of carbonyl (C=O) groups excluding carboxylic acids is 2. The molecule has 1 aliphatic rings. The van der Waals surface area contributed by atoms with Gasteiger partial charge in [-0.15, -0.1) is 0 Å². The zero-order valence-electron chi connectivity index (χ0n) is 19.6. The number of amides is 2. The topological polar surface area (TPSA) is 58.6 Å². The van der Waals surface area contributed by atoms with Gasteiger partial charge in [-0.1, -0.05) is 54.6 Å². The molecule has 1 atom stereocenters. The van der Waals surface area contributed by atoms with Gasteiger partial charge in [0.15, 0.2) is 6.61 Å². The minimum atomic E-state index is -0.369. The van der Waals surface area contributed by atoms with E-state index in [9.17, 15) is 14.0 Å². The van der Waals surface area contributed by atoms with E-state index in [2.05, 4.69) is 5.32 Å². The molecule has 36 heavy (non-hydrogen) atoms. The smallest absolute Gasteiger partial charge is 0.262 e. The molecule has 0 fully saturated rings. The van der Waals surface area contributed by atoms with Gasteiger partial charge in [0.1, 0.15) is 11.6 Å². The maximum atomic E-state index is 13.5. The molecule has 2 amide bonds. The van der Waals surface area contributed by atoms with Gasteiger partial charge in [0, 0.05) is 17.8 Å². The standard InChI is InChI=1S/C30H25FN2O3/c31-24-12-14-25(15-13-24)32-28(34)20-36-26-16-11-21-17-18-33(30(35)23-9-5-2-6-10-23)29(27(21)19-26)22-7-3-1-4-8-22/h1-16,19,29H,17-18,20H2,(H,32,34). The van der Waals surface area contributed by atoms with Crippen molar-refractivity contribution >= 4 is 17.5 Å². The third kappa shape index (κ3) is 5.13. The van der Waals surface area contributed by atoms with E-state index in [1.54, 1.807) is 0 Å². The van der Waals surface area contributed by atoms with Crippen molar-refractivity contribution in [1.82, 2.24) is 4.90 Å². The molecule has 5 nitrogen and oxygen atoms in total. The maximum absolute atomic E-state index is 13.5. The number of rotatable bonds is 6. The fraction of sp³-hybridized carbons (Fsp3) is 0.133. The average molecular weight is 481 g/mol. The molecule has 0 bridgehead atoms. The molecular weight excluding hydrogens is 455 g/mol. The number of benzene rings is 4. The number of hydrogen-bond acceptors (Lipinski definition) is 3. The monoisotopic (exact) mass is 480 g/mol. The number of halogens is 1. The Kier molecular flexibility index (Phi) is 6.76. The molecular formula is C30H25FN2O3. The van der Waals surface area contributed by atoms with Crippen LogP contribution >= 0.6 is 0 Å². The molecule has 0 saturated heterocycles. The van der Waals surface area contributed by atoms with E-state index in [4.69, 9.17) is 4.74 Å². The number of hydrogen-bond donors (Lipinski definition) is 1. The molecule has 1 aliphatic heterocycles. The third-order valence-electron chi connectivity index (χ3n) is 6.24. The minimum absolute atomic E-state index is 0.0277. The van der Waals surface area contributed by atoms with Gasteiger partial charge in [0.25, 0.3) is 11.8 Å². The summed E-state index contributed by atoms with van der Waals surface area (Å²) < 4.78 is 18.9. The summed E-state index contributed by atoms with van der Waals surface area (Å²) >= 11 is 0. The largest absolute Gasteiger partial charge is 0.484 e. The van der Waals surface area contributed by atoms with E-state index in [0.29, 0.717) is 23.5 Å². The van der Waals surface area contributed by atoms with Crippen LogP contribution in [0.25, 0.3) is 0 Å². The van der Waals surface area contributed by atoms with E-state index in [0.717, 1.165) is 23.1 Å². The van der Waals surface area contributed by atoms with Gasteiger partial charge < -0.3 is 15.0 Å². The summed E-state index contributed by atoms with van der Waals surface area (Å²) in [6.07, 6.45) is 0.725. The Morgan fingerprint density at radius 1 is 0.889 bits per heavy atom. The summed E-state index contributed by atoms with van der Waals surface area (Å²) in [6.45, 7) is 0.402. The SMILES string of the molecule is O=C(COc1ccc2c(c1)C(c1ccccc1)N(C(=O)c1ccccc1)CC2)Nc1ccc(F)cc1. The molecule has 1 heterocycles. The lowest BCUT2D eigenvalue weighted by atomic mass is 9.87. The quantitative estimate of drug-likeness (QED) is 0.389. The van der Waals surface area contributed by atoms with Crippen LogP contribution in [0.15, 0.2) is 103 Å². The van der Waals surface area contributed by atoms with Crippen molar-refractivity contribution in [2.75, 3.05) is 18.5 Å². The van der Waals surface area contributed by atoms with Gasteiger partial charge in [-0.05, 0) is 71.6 Å². The van der Waals surface area contributed by atoms with Crippen molar-refractivity contribution in [2.45, 2.75) is 12.5 Å². The predicted octanol–water partition coefficient (Wildman–Crippen LogP) is 5.63. The lowest BCUT2D eigenvalue weighted by molar-refractivity contribution is -0.118. The number of fused-ring (bicyclic) bond motifs is 1. The first kappa shape index (κ1) is 23.3. The molecule has 0 radical (unpaired) electrons. The third-order valence-corrected chi connectivity index (χ3v) is 6.24. The second-order valence-electron chi connectivity index (χ2n) is 8.63. The first-order valence-electron chi connectivity index (χ1n) is 11.8. The van der Waals surface area contributed by atoms with Crippen molar-refractivity contribution in [1.29, 1.82) is 0 Å². The van der Waals surface area contributed by atoms with Crippen molar-refractivity contribution in [2.24, 2.45) is 0 Å². The van der Waals surface area contributed by atoms with Crippen LogP contribution in [0.1, 0.15) is 33.1 Å². The predicted molar refractivity (Wildman–Crippen MR) is 136 cm³/mol. The number of nitrogens with zero attached hydrogens (tertiary/aromatic N) is 1. The highest BCUT2D eigenvalue weighted by molar-refractivity contribution is 5.95. The van der Waals surface area contributed by atoms with Crippen LogP contribution in [0.3, 0.4) is 0 Å². The summed E-state index contributed by atoms with van der Waals surface area (Å²) in [4.78, 5) is 27.8. The van der Waals surface area contributed by atoms with E-state index in [-0.39, 0.29) is 30.3 Å². The fourth-order valence-electron chi connectivity index (χ4n) is 4.52. The highest BCUT2D eigenvalue weighted by Gasteiger charge is 2.32. The van der Waals surface area contributed by atoms with Crippen molar-refractivity contribution in [3.63, 3.8) is 0 Å². The van der Waals surface area contributed by atoms with Gasteiger partial charge in [0.05, 0.1) is 6.04 Å². The fourth-order valence-corrected chi connectivity index (χ4v) is 4.52. The summed E-state index contributed by atoms with van der Waals surface area (Å²) in [6, 6.07) is 30.3. The van der Waals surface area contributed by atoms with Crippen LogP contribution < -0.4 is 10.1 Å². The number of ether oxygens (including phenoxy) is 1. The van der Waals surface area contributed by atoms with Crippen LogP contribution in [0.2, 0.25) is 0 Å². The molecule has 180 valence electrons. The second kappa shape index (κ2) is 10.4. The summed E-state index contributed by atoms with van der Waals surface area (Å²) in [5.74, 6) is -0.205. The van der Waals surface area contributed by atoms with Crippen LogP contribution in [0.5, 0.6) is 5.75 Å². The normalized spacial score (nSPS) is 14.6. The Hall–Kier alpha value is -4.45. The minimum Gasteiger partial charge on any atom is -0.484 e. The summed E-state index contributed by atoms with van der Waals surface area (Å²) in [5.41, 5.74) is 4.27. The lowest BCUT2D eigenvalue weighted by Gasteiger charge is -2.38. The van der Waals surface area contributed by atoms with E-state index in [1.807, 2.05) is 83.8 Å². The Morgan fingerprint density at radius 2 is 1.58 bits per heavy atom. The van der Waals surface area contributed by atoms with Gasteiger partial charge in [0.2, 0.25) is 0 Å². The maximum Gasteiger partial charge on any atom is 0.262 e. The second-order valence-corrected chi connectivity index (χ2v) is 8.63. The number of carbonyl (C=O) groups is 2. The lowest BCUT2D eigenvalue weighted by Crippen LogP contribution is -2.40. The number of nitrogens with one attached hydrogen (secondary N) is 1. The van der Waals surface area contributed by atoms with E-state index >= 15 is 0 Å².